The average molecular weight is 369 g/mol. The molecule has 2 heterocycles. The molecule has 0 spiro atoms. The van der Waals surface area contributed by atoms with Crippen molar-refractivity contribution in [1.82, 2.24) is 9.78 Å². The number of para-hydroxylation sites is 1. The number of rotatable bonds is 3. The number of nitrogens with one attached hydrogen (secondary N) is 1. The second-order valence-corrected chi connectivity index (χ2v) is 5.53. The van der Waals surface area contributed by atoms with Gasteiger partial charge < -0.3 is 15.2 Å². The van der Waals surface area contributed by atoms with Crippen LogP contribution in [0.1, 0.15) is 43.5 Å². The van der Waals surface area contributed by atoms with Crippen LogP contribution in [0.2, 0.25) is 0 Å². The molecule has 0 aliphatic carbocycles. The van der Waals surface area contributed by atoms with Crippen molar-refractivity contribution in [3.63, 3.8) is 0 Å². The third kappa shape index (κ3) is 3.63. The highest BCUT2D eigenvalue weighted by molar-refractivity contribution is 5.68. The zero-order valence-electron chi connectivity index (χ0n) is 14.8. The van der Waals surface area contributed by atoms with Crippen LogP contribution in [0.3, 0.4) is 0 Å². The van der Waals surface area contributed by atoms with Crippen LogP contribution < -0.4 is 10.1 Å². The first kappa shape index (κ1) is 19.7. The van der Waals surface area contributed by atoms with Crippen LogP contribution in [-0.4, -0.2) is 28.2 Å². The Morgan fingerprint density at radius 1 is 1.35 bits per heavy atom. The Morgan fingerprint density at radius 2 is 2.00 bits per heavy atom. The summed E-state index contributed by atoms with van der Waals surface area (Å²) in [5.74, 6) is 0.241. The zero-order chi connectivity index (χ0) is 19.5. The first-order chi connectivity index (χ1) is 12.3. The minimum absolute atomic E-state index is 0.0898. The van der Waals surface area contributed by atoms with Gasteiger partial charge in [-0.2, -0.15) is 18.3 Å². The number of aliphatic hydroxyl groups is 1. The molecular formula is C18H22F3N3O2. The quantitative estimate of drug-likeness (QED) is 0.739. The first-order valence-corrected chi connectivity index (χ1v) is 8.25. The molecule has 142 valence electrons. The van der Waals surface area contributed by atoms with E-state index in [-0.39, 0.29) is 23.6 Å². The van der Waals surface area contributed by atoms with Crippen LogP contribution in [0.4, 0.5) is 19.0 Å². The Balaban J connectivity index is 0.00000117. The molecule has 2 aromatic rings. The molecule has 2 atom stereocenters. The van der Waals surface area contributed by atoms with Crippen LogP contribution in [0, 0.1) is 0 Å². The topological polar surface area (TPSA) is 59.3 Å². The number of halogens is 3. The number of alkyl halides is 3. The van der Waals surface area contributed by atoms with Gasteiger partial charge in [0, 0.05) is 12.0 Å². The number of anilines is 1. The van der Waals surface area contributed by atoms with Gasteiger partial charge in [-0.25, -0.2) is 4.68 Å². The summed E-state index contributed by atoms with van der Waals surface area (Å²) in [5, 5.41) is 16.4. The molecule has 0 radical (unpaired) electrons. The van der Waals surface area contributed by atoms with Gasteiger partial charge in [0.25, 0.3) is 0 Å². The van der Waals surface area contributed by atoms with E-state index in [2.05, 4.69) is 17.0 Å². The Morgan fingerprint density at radius 3 is 2.58 bits per heavy atom. The van der Waals surface area contributed by atoms with Gasteiger partial charge in [-0.1, -0.05) is 38.6 Å². The summed E-state index contributed by atoms with van der Waals surface area (Å²) in [4.78, 5) is 0. The fraction of sp³-hybridized carbons (Fsp3) is 0.389. The number of hydrogen-bond donors (Lipinski definition) is 2. The van der Waals surface area contributed by atoms with Gasteiger partial charge in [0.1, 0.15) is 17.3 Å². The molecule has 3 rings (SSSR count). The van der Waals surface area contributed by atoms with Crippen molar-refractivity contribution >= 4 is 11.6 Å². The molecule has 5 nitrogen and oxygen atoms in total. The highest BCUT2D eigenvalue weighted by Crippen LogP contribution is 2.46. The van der Waals surface area contributed by atoms with Crippen LogP contribution >= 0.6 is 0 Å². The fourth-order valence-electron chi connectivity index (χ4n) is 2.93. The maximum absolute atomic E-state index is 13.5. The lowest BCUT2D eigenvalue weighted by atomic mass is 9.95. The molecule has 8 heteroatoms. The number of aromatic nitrogens is 2. The van der Waals surface area contributed by atoms with E-state index in [1.807, 2.05) is 13.8 Å². The maximum Gasteiger partial charge on any atom is 0.410 e. The Kier molecular flexibility index (Phi) is 5.84. The van der Waals surface area contributed by atoms with Crippen molar-refractivity contribution in [3.8, 4) is 5.75 Å². The van der Waals surface area contributed by atoms with Gasteiger partial charge in [0.15, 0.2) is 6.04 Å². The number of aliphatic hydroxyl groups excluding tert-OH is 1. The van der Waals surface area contributed by atoms with Crippen molar-refractivity contribution in [1.29, 1.82) is 0 Å². The molecule has 1 aliphatic heterocycles. The highest BCUT2D eigenvalue weighted by Gasteiger charge is 2.47. The monoisotopic (exact) mass is 369 g/mol. The van der Waals surface area contributed by atoms with Crippen molar-refractivity contribution in [2.45, 2.75) is 38.5 Å². The lowest BCUT2D eigenvalue weighted by Gasteiger charge is -2.34. The van der Waals surface area contributed by atoms with Gasteiger partial charge >= 0.3 is 6.18 Å². The van der Waals surface area contributed by atoms with Crippen molar-refractivity contribution in [2.75, 3.05) is 12.4 Å². The minimum atomic E-state index is -4.48. The zero-order valence-corrected chi connectivity index (χ0v) is 14.8. The van der Waals surface area contributed by atoms with Gasteiger partial charge in [0.05, 0.1) is 24.9 Å². The lowest BCUT2D eigenvalue weighted by Crippen LogP contribution is -2.36. The van der Waals surface area contributed by atoms with Crippen molar-refractivity contribution in [3.05, 3.63) is 48.2 Å². The molecule has 0 saturated carbocycles. The Hall–Kier alpha value is -2.64. The number of benzene rings is 1. The summed E-state index contributed by atoms with van der Waals surface area (Å²) in [6.45, 7) is 7.38. The summed E-state index contributed by atoms with van der Waals surface area (Å²) in [6, 6.07) is 4.44. The van der Waals surface area contributed by atoms with Gasteiger partial charge in [-0.3, -0.25) is 0 Å². The molecule has 0 fully saturated rings. The normalized spacial score (nSPS) is 18.8. The molecule has 2 unspecified atom stereocenters. The van der Waals surface area contributed by atoms with E-state index in [1.54, 1.807) is 24.3 Å². The van der Waals surface area contributed by atoms with E-state index in [9.17, 15) is 18.3 Å². The second-order valence-electron chi connectivity index (χ2n) is 5.53. The van der Waals surface area contributed by atoms with Crippen LogP contribution in [0.25, 0.3) is 5.76 Å². The number of ether oxygens (including phenoxy) is 1. The van der Waals surface area contributed by atoms with Gasteiger partial charge in [0.2, 0.25) is 0 Å². The van der Waals surface area contributed by atoms with Crippen LogP contribution in [-0.2, 0) is 0 Å². The largest absolute Gasteiger partial charge is 0.508 e. The van der Waals surface area contributed by atoms with Crippen LogP contribution in [0.5, 0.6) is 5.75 Å². The summed E-state index contributed by atoms with van der Waals surface area (Å²) >= 11 is 0. The second kappa shape index (κ2) is 7.72. The number of methoxy groups -OCH3 is 1. The standard InChI is InChI=1S/C16H16F3N3O2.C2H6/c1-9(23)11-8-20-22-14(16(17,18)19)7-12(21-15(11)22)10-5-3-4-6-13(10)24-2;1-2/h3-6,8,12,14,21,23H,1,7H2,2H3;1-2H3. The summed E-state index contributed by atoms with van der Waals surface area (Å²) in [6.07, 6.45) is -3.54. The summed E-state index contributed by atoms with van der Waals surface area (Å²) in [7, 11) is 1.47. The third-order valence-electron chi connectivity index (χ3n) is 4.06. The van der Waals surface area contributed by atoms with Crippen molar-refractivity contribution in [2.24, 2.45) is 0 Å². The lowest BCUT2D eigenvalue weighted by molar-refractivity contribution is -0.173. The van der Waals surface area contributed by atoms with Crippen molar-refractivity contribution < 1.29 is 23.0 Å². The first-order valence-electron chi connectivity index (χ1n) is 8.25. The molecular weight excluding hydrogens is 347 g/mol. The molecule has 0 amide bonds. The molecule has 0 bridgehead atoms. The SMILES string of the molecule is C=C(O)c1cnn2c1NC(c1ccccc1OC)CC2C(F)(F)F.CC. The van der Waals surface area contributed by atoms with E-state index in [0.717, 1.165) is 4.68 Å². The van der Waals surface area contributed by atoms with E-state index in [0.29, 0.717) is 11.3 Å². The molecule has 1 aromatic heterocycles. The molecule has 2 N–H and O–H groups in total. The Labute approximate surface area is 150 Å². The van der Waals surface area contributed by atoms with E-state index < -0.39 is 18.3 Å². The van der Waals surface area contributed by atoms with E-state index >= 15 is 0 Å². The summed E-state index contributed by atoms with van der Waals surface area (Å²) < 4.78 is 46.6. The summed E-state index contributed by atoms with van der Waals surface area (Å²) in [5.41, 5.74) is 0.750. The van der Waals surface area contributed by atoms with Gasteiger partial charge in [-0.15, -0.1) is 0 Å². The minimum Gasteiger partial charge on any atom is -0.508 e. The van der Waals surface area contributed by atoms with E-state index in [4.69, 9.17) is 4.74 Å². The Bertz CT molecular complexity index is 771. The number of fused-ring (bicyclic) bond motifs is 1. The third-order valence-corrected chi connectivity index (χ3v) is 4.06. The fourth-order valence-corrected chi connectivity index (χ4v) is 2.93. The molecule has 1 aliphatic rings. The smallest absolute Gasteiger partial charge is 0.410 e. The predicted molar refractivity (Wildman–Crippen MR) is 94.3 cm³/mol. The average Bonchev–Trinajstić information content (AvgIpc) is 3.05. The number of hydrogen-bond acceptors (Lipinski definition) is 4. The molecule has 1 aromatic carbocycles. The maximum atomic E-state index is 13.5. The van der Waals surface area contributed by atoms with Crippen LogP contribution in [0.15, 0.2) is 37.0 Å². The molecule has 0 saturated heterocycles. The highest BCUT2D eigenvalue weighted by atomic mass is 19.4. The van der Waals surface area contributed by atoms with E-state index in [1.165, 1.54) is 13.3 Å². The number of nitrogens with zero attached hydrogens (tertiary/aromatic N) is 2. The predicted octanol–water partition coefficient (Wildman–Crippen LogP) is 5.11. The van der Waals surface area contributed by atoms with Gasteiger partial charge in [-0.05, 0) is 6.07 Å². The molecule has 26 heavy (non-hydrogen) atoms.